The Hall–Kier alpha value is -2.09. The Morgan fingerprint density at radius 2 is 1.80 bits per heavy atom. The zero-order valence-electron chi connectivity index (χ0n) is 14.0. The molecule has 2 N–H and O–H groups in total. The Bertz CT molecular complexity index is 585. The highest BCUT2D eigenvalue weighted by molar-refractivity contribution is 5.94. The summed E-state index contributed by atoms with van der Waals surface area (Å²) in [6.45, 7) is 1.36. The van der Waals surface area contributed by atoms with Crippen molar-refractivity contribution in [2.45, 2.75) is 38.0 Å². The lowest BCUT2D eigenvalue weighted by Gasteiger charge is -2.35. The van der Waals surface area contributed by atoms with E-state index in [2.05, 4.69) is 5.32 Å². The number of carbonyl (C=O) groups is 2. The standard InChI is InChI=1S/C17H22F3N3O2/c1-12(15(24)21-11-17(18,19)20)23-9-7-14(8-10-23)22-16(25)13-5-3-2-4-6-13/h2-6,12,14H,7-11H2,1H3,(H,21,24)(H,22,25). The van der Waals surface area contributed by atoms with Crippen LogP contribution in [0.4, 0.5) is 13.2 Å². The Labute approximate surface area is 144 Å². The molecule has 25 heavy (non-hydrogen) atoms. The third-order valence-electron chi connectivity index (χ3n) is 4.29. The molecule has 1 atom stereocenters. The van der Waals surface area contributed by atoms with E-state index in [9.17, 15) is 22.8 Å². The maximum atomic E-state index is 12.2. The van der Waals surface area contributed by atoms with Gasteiger partial charge in [0.2, 0.25) is 5.91 Å². The number of piperidine rings is 1. The van der Waals surface area contributed by atoms with Crippen LogP contribution in [0.3, 0.4) is 0 Å². The van der Waals surface area contributed by atoms with Crippen molar-refractivity contribution in [1.82, 2.24) is 15.5 Å². The number of benzene rings is 1. The number of halogens is 3. The summed E-state index contributed by atoms with van der Waals surface area (Å²) < 4.78 is 36.5. The molecule has 1 saturated heterocycles. The molecule has 0 aliphatic carbocycles. The number of amides is 2. The summed E-state index contributed by atoms with van der Waals surface area (Å²) in [6.07, 6.45) is -3.12. The molecule has 1 aromatic carbocycles. The summed E-state index contributed by atoms with van der Waals surface area (Å²) in [5, 5.41) is 4.86. The van der Waals surface area contributed by atoms with Gasteiger partial charge in [-0.3, -0.25) is 14.5 Å². The first kappa shape index (κ1) is 19.2. The summed E-state index contributed by atoms with van der Waals surface area (Å²) in [5.41, 5.74) is 0.588. The van der Waals surface area contributed by atoms with Gasteiger partial charge in [-0.05, 0) is 31.9 Å². The molecule has 138 valence electrons. The average Bonchev–Trinajstić information content (AvgIpc) is 2.60. The molecule has 2 amide bonds. The summed E-state index contributed by atoms with van der Waals surface area (Å²) in [6, 6.07) is 8.25. The second-order valence-electron chi connectivity index (χ2n) is 6.16. The van der Waals surface area contributed by atoms with E-state index in [-0.39, 0.29) is 11.9 Å². The number of hydrogen-bond donors (Lipinski definition) is 2. The molecule has 5 nitrogen and oxygen atoms in total. The minimum absolute atomic E-state index is 0.00519. The van der Waals surface area contributed by atoms with Gasteiger partial charge in [0.1, 0.15) is 6.54 Å². The van der Waals surface area contributed by atoms with Crippen molar-refractivity contribution >= 4 is 11.8 Å². The fourth-order valence-electron chi connectivity index (χ4n) is 2.79. The molecule has 2 rings (SSSR count). The van der Waals surface area contributed by atoms with E-state index in [1.807, 2.05) is 16.3 Å². The Morgan fingerprint density at radius 1 is 1.20 bits per heavy atom. The number of alkyl halides is 3. The summed E-state index contributed by atoms with van der Waals surface area (Å²) in [7, 11) is 0. The lowest BCUT2D eigenvalue weighted by molar-refractivity contribution is -0.141. The van der Waals surface area contributed by atoms with E-state index in [1.54, 1.807) is 31.2 Å². The van der Waals surface area contributed by atoms with Crippen LogP contribution in [0.25, 0.3) is 0 Å². The van der Waals surface area contributed by atoms with Crippen LogP contribution in [0.1, 0.15) is 30.1 Å². The number of nitrogens with zero attached hydrogens (tertiary/aromatic N) is 1. The molecule has 0 saturated carbocycles. The van der Waals surface area contributed by atoms with E-state index in [0.29, 0.717) is 31.5 Å². The molecule has 0 aromatic heterocycles. The summed E-state index contributed by atoms with van der Waals surface area (Å²) in [4.78, 5) is 25.8. The maximum absolute atomic E-state index is 12.2. The number of likely N-dealkylation sites (tertiary alicyclic amines) is 1. The smallest absolute Gasteiger partial charge is 0.349 e. The van der Waals surface area contributed by atoms with E-state index in [0.717, 1.165) is 0 Å². The highest BCUT2D eigenvalue weighted by Crippen LogP contribution is 2.15. The largest absolute Gasteiger partial charge is 0.405 e. The van der Waals surface area contributed by atoms with E-state index in [1.165, 1.54) is 0 Å². The van der Waals surface area contributed by atoms with Crippen LogP contribution in [-0.2, 0) is 4.79 Å². The van der Waals surface area contributed by atoms with E-state index in [4.69, 9.17) is 0 Å². The van der Waals surface area contributed by atoms with Gasteiger partial charge in [-0.15, -0.1) is 0 Å². The van der Waals surface area contributed by atoms with Crippen LogP contribution in [0.2, 0.25) is 0 Å². The fraction of sp³-hybridized carbons (Fsp3) is 0.529. The first-order valence-electron chi connectivity index (χ1n) is 8.20. The van der Waals surface area contributed by atoms with Gasteiger partial charge < -0.3 is 10.6 Å². The predicted octanol–water partition coefficient (Wildman–Crippen LogP) is 1.95. The maximum Gasteiger partial charge on any atom is 0.405 e. The Morgan fingerprint density at radius 3 is 2.36 bits per heavy atom. The van der Waals surface area contributed by atoms with Crippen LogP contribution in [0.15, 0.2) is 30.3 Å². The molecular weight excluding hydrogens is 335 g/mol. The monoisotopic (exact) mass is 357 g/mol. The van der Waals surface area contributed by atoms with Gasteiger partial charge >= 0.3 is 6.18 Å². The predicted molar refractivity (Wildman–Crippen MR) is 87.0 cm³/mol. The van der Waals surface area contributed by atoms with Gasteiger partial charge in [0, 0.05) is 24.7 Å². The summed E-state index contributed by atoms with van der Waals surface area (Å²) >= 11 is 0. The fourth-order valence-corrected chi connectivity index (χ4v) is 2.79. The Balaban J connectivity index is 1.77. The van der Waals surface area contributed by atoms with Crippen molar-refractivity contribution in [1.29, 1.82) is 0 Å². The third kappa shape index (κ3) is 6.04. The first-order valence-corrected chi connectivity index (χ1v) is 8.20. The molecule has 0 bridgehead atoms. The third-order valence-corrected chi connectivity index (χ3v) is 4.29. The van der Waals surface area contributed by atoms with Crippen molar-refractivity contribution < 1.29 is 22.8 Å². The van der Waals surface area contributed by atoms with Crippen LogP contribution in [0.5, 0.6) is 0 Å². The van der Waals surface area contributed by atoms with Crippen molar-refractivity contribution in [2.75, 3.05) is 19.6 Å². The summed E-state index contributed by atoms with van der Waals surface area (Å²) in [5.74, 6) is -0.779. The lowest BCUT2D eigenvalue weighted by Crippen LogP contribution is -2.52. The minimum Gasteiger partial charge on any atom is -0.349 e. The molecule has 1 unspecified atom stereocenters. The molecule has 8 heteroatoms. The second kappa shape index (κ2) is 8.33. The van der Waals surface area contributed by atoms with Crippen molar-refractivity contribution in [3.05, 3.63) is 35.9 Å². The number of carbonyl (C=O) groups excluding carboxylic acids is 2. The first-order chi connectivity index (χ1) is 11.8. The van der Waals surface area contributed by atoms with Gasteiger partial charge in [0.15, 0.2) is 0 Å². The van der Waals surface area contributed by atoms with E-state index < -0.39 is 24.7 Å². The SMILES string of the molecule is CC(C(=O)NCC(F)(F)F)N1CCC(NC(=O)c2ccccc2)CC1. The molecule has 1 aromatic rings. The van der Waals surface area contributed by atoms with Gasteiger partial charge in [-0.25, -0.2) is 0 Å². The van der Waals surface area contributed by atoms with Gasteiger partial charge in [0.25, 0.3) is 5.91 Å². The Kier molecular flexibility index (Phi) is 6.41. The normalized spacial score (nSPS) is 17.8. The van der Waals surface area contributed by atoms with Crippen molar-refractivity contribution in [2.24, 2.45) is 0 Å². The van der Waals surface area contributed by atoms with Crippen LogP contribution in [-0.4, -0.2) is 54.6 Å². The van der Waals surface area contributed by atoms with Crippen molar-refractivity contribution in [3.8, 4) is 0 Å². The lowest BCUT2D eigenvalue weighted by atomic mass is 10.0. The highest BCUT2D eigenvalue weighted by atomic mass is 19.4. The molecule has 1 aliphatic heterocycles. The molecule has 1 heterocycles. The molecule has 1 aliphatic rings. The van der Waals surface area contributed by atoms with Gasteiger partial charge in [0.05, 0.1) is 6.04 Å². The minimum atomic E-state index is -4.41. The van der Waals surface area contributed by atoms with Crippen molar-refractivity contribution in [3.63, 3.8) is 0 Å². The van der Waals surface area contributed by atoms with Gasteiger partial charge in [-0.2, -0.15) is 13.2 Å². The average molecular weight is 357 g/mol. The quantitative estimate of drug-likeness (QED) is 0.847. The zero-order chi connectivity index (χ0) is 18.4. The van der Waals surface area contributed by atoms with Crippen LogP contribution < -0.4 is 10.6 Å². The van der Waals surface area contributed by atoms with Gasteiger partial charge in [-0.1, -0.05) is 18.2 Å². The number of rotatable bonds is 5. The second-order valence-corrected chi connectivity index (χ2v) is 6.16. The molecule has 0 radical (unpaired) electrons. The number of hydrogen-bond acceptors (Lipinski definition) is 3. The highest BCUT2D eigenvalue weighted by Gasteiger charge is 2.31. The van der Waals surface area contributed by atoms with Crippen LogP contribution >= 0.6 is 0 Å². The van der Waals surface area contributed by atoms with Crippen LogP contribution in [0, 0.1) is 0 Å². The topological polar surface area (TPSA) is 61.4 Å². The molecule has 0 spiro atoms. The number of nitrogens with one attached hydrogen (secondary N) is 2. The zero-order valence-corrected chi connectivity index (χ0v) is 14.0. The van der Waals surface area contributed by atoms with E-state index >= 15 is 0 Å². The molecular formula is C17H22F3N3O2. The molecule has 1 fully saturated rings.